The molecule has 0 aromatic carbocycles. The van der Waals surface area contributed by atoms with Crippen LogP contribution in [0.25, 0.3) is 0 Å². The van der Waals surface area contributed by atoms with Gasteiger partial charge in [-0.3, -0.25) is 0 Å². The summed E-state index contributed by atoms with van der Waals surface area (Å²) in [7, 11) is 0. The fourth-order valence-electron chi connectivity index (χ4n) is 2.74. The van der Waals surface area contributed by atoms with Gasteiger partial charge in [0.25, 0.3) is 0 Å². The molecule has 0 radical (unpaired) electrons. The lowest BCUT2D eigenvalue weighted by Crippen LogP contribution is -2.52. The maximum atomic E-state index is 6.14. The summed E-state index contributed by atoms with van der Waals surface area (Å²) >= 11 is 6.14. The van der Waals surface area contributed by atoms with Gasteiger partial charge in [-0.1, -0.05) is 11.6 Å². The van der Waals surface area contributed by atoms with Crippen molar-refractivity contribution in [2.45, 2.75) is 51.2 Å². The molecule has 1 atom stereocenters. The van der Waals surface area contributed by atoms with Gasteiger partial charge in [-0.05, 0) is 33.6 Å². The minimum Gasteiger partial charge on any atom is -0.369 e. The molecule has 1 aliphatic heterocycles. The molecule has 19 heavy (non-hydrogen) atoms. The minimum atomic E-state index is -0.158. The third-order valence-corrected chi connectivity index (χ3v) is 3.73. The van der Waals surface area contributed by atoms with Crippen molar-refractivity contribution in [3.05, 3.63) is 17.0 Å². The summed E-state index contributed by atoms with van der Waals surface area (Å²) in [5.74, 6) is 2.36. The zero-order valence-electron chi connectivity index (χ0n) is 11.7. The second-order valence-corrected chi connectivity index (χ2v) is 6.64. The highest BCUT2D eigenvalue weighted by atomic mass is 35.5. The zero-order valence-corrected chi connectivity index (χ0v) is 12.4. The largest absolute Gasteiger partial charge is 0.369 e. The highest BCUT2D eigenvalue weighted by molar-refractivity contribution is 6.29. The first-order valence-electron chi connectivity index (χ1n) is 6.90. The van der Waals surface area contributed by atoms with Crippen LogP contribution in [0.15, 0.2) is 6.07 Å². The number of morpholine rings is 1. The van der Waals surface area contributed by atoms with E-state index in [1.165, 1.54) is 12.8 Å². The Morgan fingerprint density at radius 3 is 2.74 bits per heavy atom. The van der Waals surface area contributed by atoms with Crippen molar-refractivity contribution in [1.82, 2.24) is 9.97 Å². The molecule has 0 spiro atoms. The van der Waals surface area contributed by atoms with Crippen LogP contribution in [0.2, 0.25) is 5.15 Å². The number of ether oxygens (including phenoxy) is 1. The number of nitrogens with zero attached hydrogens (tertiary/aromatic N) is 3. The smallest absolute Gasteiger partial charge is 0.135 e. The topological polar surface area (TPSA) is 38.2 Å². The van der Waals surface area contributed by atoms with Crippen LogP contribution in [0.4, 0.5) is 5.82 Å². The molecule has 1 saturated carbocycles. The maximum Gasteiger partial charge on any atom is 0.135 e. The lowest BCUT2D eigenvalue weighted by Gasteiger charge is -2.42. The second-order valence-electron chi connectivity index (χ2n) is 6.25. The van der Waals surface area contributed by atoms with Crippen molar-refractivity contribution in [1.29, 1.82) is 0 Å². The molecule has 0 N–H and O–H groups in total. The van der Waals surface area contributed by atoms with Crippen LogP contribution in [-0.2, 0) is 4.74 Å². The van der Waals surface area contributed by atoms with Crippen LogP contribution in [0.5, 0.6) is 0 Å². The van der Waals surface area contributed by atoms with Gasteiger partial charge < -0.3 is 9.64 Å². The standard InChI is InChI=1S/C14H20ClN3O/c1-9-7-18(8-14(2,3)19-9)12-6-11(15)16-13(17-12)10-4-5-10/h6,9-10H,4-5,7-8H2,1-3H3. The molecule has 1 saturated heterocycles. The lowest BCUT2D eigenvalue weighted by atomic mass is 10.1. The molecule has 1 aliphatic carbocycles. The van der Waals surface area contributed by atoms with Crippen LogP contribution < -0.4 is 4.90 Å². The predicted octanol–water partition coefficient (Wildman–Crippen LogP) is 3.01. The normalized spacial score (nSPS) is 26.5. The minimum absolute atomic E-state index is 0.158. The molecule has 3 rings (SSSR count). The third-order valence-electron chi connectivity index (χ3n) is 3.53. The van der Waals surface area contributed by atoms with Gasteiger partial charge in [0.15, 0.2) is 0 Å². The third kappa shape index (κ3) is 3.00. The van der Waals surface area contributed by atoms with Gasteiger partial charge in [0.2, 0.25) is 0 Å². The van der Waals surface area contributed by atoms with Gasteiger partial charge in [0.05, 0.1) is 11.7 Å². The van der Waals surface area contributed by atoms with Crippen LogP contribution in [0, 0.1) is 0 Å². The summed E-state index contributed by atoms with van der Waals surface area (Å²) in [6, 6.07) is 1.86. The number of anilines is 1. The SMILES string of the molecule is CC1CN(c2cc(Cl)nc(C3CC3)n2)CC(C)(C)O1. The monoisotopic (exact) mass is 281 g/mol. The Bertz CT molecular complexity index is 488. The maximum absolute atomic E-state index is 6.14. The van der Waals surface area contributed by atoms with Crippen molar-refractivity contribution >= 4 is 17.4 Å². The average Bonchev–Trinajstić information content (AvgIpc) is 3.08. The van der Waals surface area contributed by atoms with E-state index in [1.807, 2.05) is 6.07 Å². The van der Waals surface area contributed by atoms with Crippen molar-refractivity contribution in [2.75, 3.05) is 18.0 Å². The van der Waals surface area contributed by atoms with Crippen molar-refractivity contribution in [3.63, 3.8) is 0 Å². The Morgan fingerprint density at radius 2 is 2.11 bits per heavy atom. The highest BCUT2D eigenvalue weighted by Gasteiger charge is 2.33. The molecular weight excluding hydrogens is 262 g/mol. The summed E-state index contributed by atoms with van der Waals surface area (Å²) in [6.07, 6.45) is 2.57. The van der Waals surface area contributed by atoms with E-state index in [-0.39, 0.29) is 11.7 Å². The molecule has 0 amide bonds. The van der Waals surface area contributed by atoms with Gasteiger partial charge >= 0.3 is 0 Å². The van der Waals surface area contributed by atoms with Crippen molar-refractivity contribution in [2.24, 2.45) is 0 Å². The molecule has 5 heteroatoms. The van der Waals surface area contributed by atoms with Crippen molar-refractivity contribution in [3.8, 4) is 0 Å². The molecule has 1 aromatic heterocycles. The van der Waals surface area contributed by atoms with Gasteiger partial charge in [-0.15, -0.1) is 0 Å². The van der Waals surface area contributed by atoms with E-state index in [0.29, 0.717) is 11.1 Å². The number of rotatable bonds is 2. The molecule has 1 aromatic rings. The van der Waals surface area contributed by atoms with E-state index in [2.05, 4.69) is 30.7 Å². The Kier molecular flexibility index (Phi) is 3.18. The van der Waals surface area contributed by atoms with E-state index >= 15 is 0 Å². The first-order valence-corrected chi connectivity index (χ1v) is 7.28. The van der Waals surface area contributed by atoms with Gasteiger partial charge in [-0.25, -0.2) is 9.97 Å². The van der Waals surface area contributed by atoms with Gasteiger partial charge in [0.1, 0.15) is 16.8 Å². The predicted molar refractivity (Wildman–Crippen MR) is 75.9 cm³/mol. The molecule has 104 valence electrons. The van der Waals surface area contributed by atoms with E-state index in [9.17, 15) is 0 Å². The van der Waals surface area contributed by atoms with E-state index in [4.69, 9.17) is 21.3 Å². The number of hydrogen-bond acceptors (Lipinski definition) is 4. The Balaban J connectivity index is 1.88. The molecule has 4 nitrogen and oxygen atoms in total. The van der Waals surface area contributed by atoms with Gasteiger partial charge in [0, 0.05) is 25.1 Å². The summed E-state index contributed by atoms with van der Waals surface area (Å²) in [4.78, 5) is 11.3. The van der Waals surface area contributed by atoms with Crippen LogP contribution >= 0.6 is 11.6 Å². The first kappa shape index (κ1) is 13.1. The molecule has 1 unspecified atom stereocenters. The quantitative estimate of drug-likeness (QED) is 0.781. The van der Waals surface area contributed by atoms with Crippen molar-refractivity contribution < 1.29 is 4.74 Å². The molecule has 2 fully saturated rings. The second kappa shape index (κ2) is 4.60. The van der Waals surface area contributed by atoms with Gasteiger partial charge in [-0.2, -0.15) is 0 Å². The van der Waals surface area contributed by atoms with E-state index < -0.39 is 0 Å². The number of aromatic nitrogens is 2. The van der Waals surface area contributed by atoms with Crippen LogP contribution in [-0.4, -0.2) is 34.8 Å². The van der Waals surface area contributed by atoms with Crippen LogP contribution in [0.3, 0.4) is 0 Å². The summed E-state index contributed by atoms with van der Waals surface area (Å²) in [5, 5.41) is 0.545. The number of halogens is 1. The zero-order chi connectivity index (χ0) is 13.6. The van der Waals surface area contributed by atoms with Crippen LogP contribution in [0.1, 0.15) is 45.4 Å². The Labute approximate surface area is 119 Å². The molecular formula is C14H20ClN3O. The van der Waals surface area contributed by atoms with E-state index in [1.54, 1.807) is 0 Å². The average molecular weight is 282 g/mol. The lowest BCUT2D eigenvalue weighted by molar-refractivity contribution is -0.0751. The molecule has 2 aliphatic rings. The van der Waals surface area contributed by atoms with E-state index in [0.717, 1.165) is 24.7 Å². The summed E-state index contributed by atoms with van der Waals surface area (Å²) < 4.78 is 5.93. The Hall–Kier alpha value is -0.870. The summed E-state index contributed by atoms with van der Waals surface area (Å²) in [6.45, 7) is 7.99. The fraction of sp³-hybridized carbons (Fsp3) is 0.714. The first-order chi connectivity index (χ1) is 8.93. The summed E-state index contributed by atoms with van der Waals surface area (Å²) in [5.41, 5.74) is -0.158. The highest BCUT2D eigenvalue weighted by Crippen LogP contribution is 2.39. The number of hydrogen-bond donors (Lipinski definition) is 0. The Morgan fingerprint density at radius 1 is 1.37 bits per heavy atom. The molecule has 2 heterocycles. The molecule has 0 bridgehead atoms. The fourth-order valence-corrected chi connectivity index (χ4v) is 2.92.